The van der Waals surface area contributed by atoms with Crippen molar-refractivity contribution in [2.45, 2.75) is 6.54 Å². The van der Waals surface area contributed by atoms with Gasteiger partial charge in [0.1, 0.15) is 11.6 Å². The average Bonchev–Trinajstić information content (AvgIpc) is 2.61. The molecular formula is C17H22BrN5O. The van der Waals surface area contributed by atoms with Crippen LogP contribution in [-0.4, -0.2) is 55.0 Å². The molecule has 1 aromatic rings. The maximum atomic E-state index is 12.4. The monoisotopic (exact) mass is 391 g/mol. The van der Waals surface area contributed by atoms with E-state index in [9.17, 15) is 10.1 Å². The number of carbonyl (C=O) groups excluding carboxylic acids is 1. The van der Waals surface area contributed by atoms with Crippen molar-refractivity contribution in [3.8, 4) is 6.07 Å². The molecule has 0 spiro atoms. The highest BCUT2D eigenvalue weighted by molar-refractivity contribution is 9.10. The maximum Gasteiger partial charge on any atom is 0.266 e. The highest BCUT2D eigenvalue weighted by Gasteiger charge is 2.23. The van der Waals surface area contributed by atoms with Crippen molar-refractivity contribution in [1.82, 2.24) is 15.1 Å². The van der Waals surface area contributed by atoms with Gasteiger partial charge in [0.15, 0.2) is 0 Å². The van der Waals surface area contributed by atoms with Gasteiger partial charge in [0.25, 0.3) is 5.91 Å². The number of nitrogens with two attached hydrogens (primary N) is 1. The number of piperazine rings is 1. The second kappa shape index (κ2) is 9.42. The number of nitrogens with zero attached hydrogens (tertiary/aromatic N) is 3. The molecule has 1 fully saturated rings. The van der Waals surface area contributed by atoms with Crippen molar-refractivity contribution in [3.63, 3.8) is 0 Å². The van der Waals surface area contributed by atoms with E-state index in [1.54, 1.807) is 4.90 Å². The first kappa shape index (κ1) is 18.5. The van der Waals surface area contributed by atoms with Crippen LogP contribution in [0.1, 0.15) is 5.56 Å². The van der Waals surface area contributed by atoms with Gasteiger partial charge in [-0.05, 0) is 11.6 Å². The highest BCUT2D eigenvalue weighted by Crippen LogP contribution is 2.15. The average molecular weight is 392 g/mol. The van der Waals surface area contributed by atoms with Crippen LogP contribution in [0.3, 0.4) is 0 Å². The lowest BCUT2D eigenvalue weighted by Gasteiger charge is -2.34. The number of benzene rings is 1. The summed E-state index contributed by atoms with van der Waals surface area (Å²) in [7, 11) is 0. The first-order chi connectivity index (χ1) is 11.7. The first-order valence-electron chi connectivity index (χ1n) is 7.94. The molecule has 6 nitrogen and oxygen atoms in total. The third-order valence-corrected chi connectivity index (χ3v) is 4.73. The van der Waals surface area contributed by atoms with Gasteiger partial charge in [-0.25, -0.2) is 0 Å². The Labute approximate surface area is 151 Å². The van der Waals surface area contributed by atoms with Crippen LogP contribution >= 0.6 is 15.9 Å². The summed E-state index contributed by atoms with van der Waals surface area (Å²) in [5, 5.41) is 12.3. The minimum atomic E-state index is -0.218. The molecule has 0 aromatic heterocycles. The zero-order valence-corrected chi connectivity index (χ0v) is 15.1. The van der Waals surface area contributed by atoms with Gasteiger partial charge in [-0.2, -0.15) is 5.26 Å². The molecule has 0 bridgehead atoms. The van der Waals surface area contributed by atoms with Crippen molar-refractivity contribution in [2.24, 2.45) is 5.73 Å². The number of hydrogen-bond acceptors (Lipinski definition) is 5. The molecule has 1 saturated heterocycles. The summed E-state index contributed by atoms with van der Waals surface area (Å²) >= 11 is 3.48. The molecule has 3 N–H and O–H groups in total. The molecule has 0 aliphatic carbocycles. The van der Waals surface area contributed by atoms with Crippen LogP contribution in [0.5, 0.6) is 0 Å². The van der Waals surface area contributed by atoms with Gasteiger partial charge in [-0.15, -0.1) is 0 Å². The standard InChI is InChI=1S/C17H22BrN5O/c18-16-4-2-1-3-14(16)12-21-13-15(11-20)17(24)23-9-7-22(6-5-19)8-10-23/h1-4,13,21H,5-10,12,19H2/b15-13-. The van der Waals surface area contributed by atoms with Crippen molar-refractivity contribution in [2.75, 3.05) is 39.3 Å². The lowest BCUT2D eigenvalue weighted by Crippen LogP contribution is -2.50. The van der Waals surface area contributed by atoms with Crippen LogP contribution in [0.2, 0.25) is 0 Å². The van der Waals surface area contributed by atoms with Crippen LogP contribution in [0.15, 0.2) is 40.5 Å². The number of nitriles is 1. The first-order valence-corrected chi connectivity index (χ1v) is 8.73. The number of carbonyl (C=O) groups is 1. The van der Waals surface area contributed by atoms with Gasteiger partial charge in [-0.3, -0.25) is 9.69 Å². The Morgan fingerprint density at radius 3 is 2.67 bits per heavy atom. The summed E-state index contributed by atoms with van der Waals surface area (Å²) in [5.74, 6) is -0.218. The van der Waals surface area contributed by atoms with Crippen molar-refractivity contribution in [3.05, 3.63) is 46.1 Å². The van der Waals surface area contributed by atoms with Crippen molar-refractivity contribution >= 4 is 21.8 Å². The van der Waals surface area contributed by atoms with Crippen LogP contribution in [-0.2, 0) is 11.3 Å². The second-order valence-corrected chi connectivity index (χ2v) is 6.42. The summed E-state index contributed by atoms with van der Waals surface area (Å²) < 4.78 is 0.992. The minimum Gasteiger partial charge on any atom is -0.386 e. The van der Waals surface area contributed by atoms with Gasteiger partial charge < -0.3 is 16.0 Å². The number of amides is 1. The predicted octanol–water partition coefficient (Wildman–Crippen LogP) is 1.05. The molecule has 0 saturated carbocycles. The molecule has 1 aliphatic heterocycles. The van der Waals surface area contributed by atoms with E-state index in [0.717, 1.165) is 29.7 Å². The Hall–Kier alpha value is -1.88. The highest BCUT2D eigenvalue weighted by atomic mass is 79.9. The Morgan fingerprint density at radius 1 is 1.33 bits per heavy atom. The van der Waals surface area contributed by atoms with Crippen LogP contribution in [0.4, 0.5) is 0 Å². The van der Waals surface area contributed by atoms with Crippen LogP contribution < -0.4 is 11.1 Å². The Bertz CT molecular complexity index is 632. The number of nitrogens with one attached hydrogen (secondary N) is 1. The fourth-order valence-corrected chi connectivity index (χ4v) is 3.00. The molecule has 1 aromatic carbocycles. The number of halogens is 1. The number of rotatable bonds is 6. The molecule has 24 heavy (non-hydrogen) atoms. The van der Waals surface area contributed by atoms with Crippen molar-refractivity contribution in [1.29, 1.82) is 5.26 Å². The smallest absolute Gasteiger partial charge is 0.266 e. The summed E-state index contributed by atoms with van der Waals surface area (Å²) in [4.78, 5) is 16.4. The quantitative estimate of drug-likeness (QED) is 0.559. The summed E-state index contributed by atoms with van der Waals surface area (Å²) in [5.41, 5.74) is 6.75. The zero-order chi connectivity index (χ0) is 17.4. The van der Waals surface area contributed by atoms with E-state index in [1.165, 1.54) is 6.20 Å². The van der Waals surface area contributed by atoms with E-state index in [2.05, 4.69) is 26.1 Å². The van der Waals surface area contributed by atoms with Gasteiger partial charge in [0, 0.05) is 56.5 Å². The predicted molar refractivity (Wildman–Crippen MR) is 96.8 cm³/mol. The largest absolute Gasteiger partial charge is 0.386 e. The van der Waals surface area contributed by atoms with Crippen LogP contribution in [0.25, 0.3) is 0 Å². The molecule has 1 heterocycles. The van der Waals surface area contributed by atoms with Crippen molar-refractivity contribution < 1.29 is 4.79 Å². The van der Waals surface area contributed by atoms with E-state index >= 15 is 0 Å². The summed E-state index contributed by atoms with van der Waals surface area (Å²) in [6, 6.07) is 9.83. The summed E-state index contributed by atoms with van der Waals surface area (Å²) in [6.45, 7) is 4.86. The lowest BCUT2D eigenvalue weighted by atomic mass is 10.2. The Kier molecular flexibility index (Phi) is 7.25. The Balaban J connectivity index is 1.90. The topological polar surface area (TPSA) is 85.4 Å². The number of hydrogen-bond donors (Lipinski definition) is 2. The SMILES string of the molecule is N#C/C(=C/NCc1ccccc1Br)C(=O)N1CCN(CCN)CC1. The molecule has 1 amide bonds. The van der Waals surface area contributed by atoms with E-state index in [0.29, 0.717) is 26.2 Å². The zero-order valence-electron chi connectivity index (χ0n) is 13.5. The molecule has 1 aliphatic rings. The molecule has 0 unspecified atom stereocenters. The van der Waals surface area contributed by atoms with E-state index in [4.69, 9.17) is 5.73 Å². The molecule has 0 radical (unpaired) electrons. The van der Waals surface area contributed by atoms with Gasteiger partial charge in [0.2, 0.25) is 0 Å². The van der Waals surface area contributed by atoms with E-state index in [-0.39, 0.29) is 11.5 Å². The molecule has 128 valence electrons. The van der Waals surface area contributed by atoms with Crippen LogP contribution in [0, 0.1) is 11.3 Å². The van der Waals surface area contributed by atoms with Gasteiger partial charge in [-0.1, -0.05) is 34.1 Å². The third-order valence-electron chi connectivity index (χ3n) is 3.95. The second-order valence-electron chi connectivity index (χ2n) is 5.56. The molecule has 7 heteroatoms. The van der Waals surface area contributed by atoms with E-state index in [1.807, 2.05) is 30.3 Å². The van der Waals surface area contributed by atoms with E-state index < -0.39 is 0 Å². The third kappa shape index (κ3) is 5.06. The normalized spacial score (nSPS) is 15.9. The fourth-order valence-electron chi connectivity index (χ4n) is 2.57. The fraction of sp³-hybridized carbons (Fsp3) is 0.412. The summed E-state index contributed by atoms with van der Waals surface area (Å²) in [6.07, 6.45) is 1.51. The maximum absolute atomic E-state index is 12.4. The molecule has 0 atom stereocenters. The Morgan fingerprint density at radius 2 is 2.04 bits per heavy atom. The molecule has 2 rings (SSSR count). The van der Waals surface area contributed by atoms with Gasteiger partial charge in [0.05, 0.1) is 0 Å². The minimum absolute atomic E-state index is 0.134. The van der Waals surface area contributed by atoms with Gasteiger partial charge >= 0.3 is 0 Å². The lowest BCUT2D eigenvalue weighted by molar-refractivity contribution is -0.128. The molecular weight excluding hydrogens is 370 g/mol.